The number of aliphatic imine (C=N–C) groups is 1. The van der Waals surface area contributed by atoms with E-state index in [1.165, 1.54) is 18.4 Å². The molecule has 224 valence electrons. The topological polar surface area (TPSA) is 86.3 Å². The van der Waals surface area contributed by atoms with Crippen molar-refractivity contribution < 1.29 is 14.3 Å². The molecule has 2 N–H and O–H groups in total. The van der Waals surface area contributed by atoms with Crippen LogP contribution in [0.15, 0.2) is 83.2 Å². The Morgan fingerprint density at radius 1 is 1.19 bits per heavy atom. The molecule has 0 spiro atoms. The molecule has 3 aliphatic heterocycles. The van der Waals surface area contributed by atoms with Crippen LogP contribution in [-0.4, -0.2) is 48.2 Å². The number of ether oxygens (including phenoxy) is 1. The van der Waals surface area contributed by atoms with Crippen LogP contribution in [0.4, 0.5) is 11.4 Å². The molecule has 2 aromatic carbocycles. The highest BCUT2D eigenvalue weighted by Crippen LogP contribution is 2.39. The summed E-state index contributed by atoms with van der Waals surface area (Å²) in [6.45, 7) is 11.6. The van der Waals surface area contributed by atoms with E-state index in [-0.39, 0.29) is 23.9 Å². The van der Waals surface area contributed by atoms with Gasteiger partial charge in [0, 0.05) is 36.2 Å². The molecule has 4 aliphatic rings. The number of allylic oxidation sites excluding steroid dienone is 3. The standard InChI is InChI=1S/C35H41N5O3/c1-23-7-6-14-39(20-23)21-26-15-29(19-30(16-26)40-22-37-24(2)25(40)3)38-33(41)27-8-5-9-31(17-27)43-32-10-12-35(4)28(18-32)11-13-36-34(35)42/h5,8-11,13,15-19,22-25H,6-7,12,14,20-21H2,1-4H3,(H,36,42)(H,38,41)/t23-,24?,25?,35?/m0/s1. The van der Waals surface area contributed by atoms with Gasteiger partial charge in [0.2, 0.25) is 5.91 Å². The van der Waals surface area contributed by atoms with Crippen molar-refractivity contribution in [1.29, 1.82) is 0 Å². The van der Waals surface area contributed by atoms with Gasteiger partial charge in [0.15, 0.2) is 0 Å². The SMILES string of the molecule is CC1N=CN(c2cc(CN3CCC[C@H](C)C3)cc(NC(=O)c3cccc(OC4=CCC5(C)C(=O)NC=CC5=C4)c3)c2)C1C. The Hall–Kier alpha value is -4.17. The van der Waals surface area contributed by atoms with Gasteiger partial charge < -0.3 is 20.3 Å². The van der Waals surface area contributed by atoms with E-state index in [1.807, 2.05) is 49.7 Å². The van der Waals surface area contributed by atoms with Gasteiger partial charge in [0.1, 0.15) is 11.5 Å². The Morgan fingerprint density at radius 2 is 2.05 bits per heavy atom. The number of nitrogens with zero attached hydrogens (tertiary/aromatic N) is 3. The largest absolute Gasteiger partial charge is 0.458 e. The third kappa shape index (κ3) is 6.15. The fourth-order valence-corrected chi connectivity index (χ4v) is 6.34. The first-order chi connectivity index (χ1) is 20.7. The lowest BCUT2D eigenvalue weighted by Crippen LogP contribution is -2.41. The lowest BCUT2D eigenvalue weighted by atomic mass is 9.74. The monoisotopic (exact) mass is 579 g/mol. The van der Waals surface area contributed by atoms with E-state index in [2.05, 4.69) is 58.3 Å². The Morgan fingerprint density at radius 3 is 2.84 bits per heavy atom. The molecule has 0 bridgehead atoms. The Balaban J connectivity index is 1.20. The molecule has 0 radical (unpaired) electrons. The van der Waals surface area contributed by atoms with E-state index in [0.717, 1.165) is 36.6 Å². The van der Waals surface area contributed by atoms with Crippen LogP contribution in [0.1, 0.15) is 62.9 Å². The average Bonchev–Trinajstić information content (AvgIpc) is 3.32. The number of nitrogens with one attached hydrogen (secondary N) is 2. The van der Waals surface area contributed by atoms with Crippen molar-refractivity contribution in [3.05, 3.63) is 89.4 Å². The van der Waals surface area contributed by atoms with Crippen molar-refractivity contribution in [3.8, 4) is 5.75 Å². The lowest BCUT2D eigenvalue weighted by Gasteiger charge is -2.33. The maximum atomic E-state index is 13.5. The van der Waals surface area contributed by atoms with Crippen molar-refractivity contribution in [3.63, 3.8) is 0 Å². The molecule has 8 nitrogen and oxygen atoms in total. The van der Waals surface area contributed by atoms with Gasteiger partial charge >= 0.3 is 0 Å². The minimum absolute atomic E-state index is 0.0195. The second-order valence-corrected chi connectivity index (χ2v) is 12.7. The first-order valence-electron chi connectivity index (χ1n) is 15.3. The molecule has 1 fully saturated rings. The minimum atomic E-state index is -0.597. The minimum Gasteiger partial charge on any atom is -0.458 e. The molecule has 43 heavy (non-hydrogen) atoms. The molecule has 0 saturated carbocycles. The normalized spacial score (nSPS) is 26.8. The molecule has 8 heteroatoms. The molecule has 3 heterocycles. The van der Waals surface area contributed by atoms with Crippen LogP contribution >= 0.6 is 0 Å². The van der Waals surface area contributed by atoms with Crippen LogP contribution in [-0.2, 0) is 11.3 Å². The molecule has 3 unspecified atom stereocenters. The number of carbonyl (C=O) groups excluding carboxylic acids is 2. The molecule has 1 saturated heterocycles. The highest BCUT2D eigenvalue weighted by Gasteiger charge is 2.39. The number of hydrogen-bond donors (Lipinski definition) is 2. The van der Waals surface area contributed by atoms with Crippen LogP contribution in [0.5, 0.6) is 5.75 Å². The van der Waals surface area contributed by atoms with Crippen LogP contribution in [0, 0.1) is 11.3 Å². The first-order valence-corrected chi connectivity index (χ1v) is 15.3. The molecule has 2 aromatic rings. The van der Waals surface area contributed by atoms with E-state index < -0.39 is 5.41 Å². The summed E-state index contributed by atoms with van der Waals surface area (Å²) in [4.78, 5) is 35.3. The van der Waals surface area contributed by atoms with E-state index in [1.54, 1.807) is 18.3 Å². The summed E-state index contributed by atoms with van der Waals surface area (Å²) >= 11 is 0. The van der Waals surface area contributed by atoms with Gasteiger partial charge in [-0.1, -0.05) is 13.0 Å². The summed E-state index contributed by atoms with van der Waals surface area (Å²) < 4.78 is 6.16. The third-order valence-electron chi connectivity index (χ3n) is 9.20. The third-order valence-corrected chi connectivity index (χ3v) is 9.20. The summed E-state index contributed by atoms with van der Waals surface area (Å²) in [5.41, 5.74) is 3.78. The molecular formula is C35H41N5O3. The lowest BCUT2D eigenvalue weighted by molar-refractivity contribution is -0.127. The number of fused-ring (bicyclic) bond motifs is 1. The second-order valence-electron chi connectivity index (χ2n) is 12.7. The fourth-order valence-electron chi connectivity index (χ4n) is 6.34. The van der Waals surface area contributed by atoms with Crippen molar-refractivity contribution in [2.24, 2.45) is 16.3 Å². The maximum absolute atomic E-state index is 13.5. The van der Waals surface area contributed by atoms with Crippen LogP contribution in [0.2, 0.25) is 0 Å². The highest BCUT2D eigenvalue weighted by molar-refractivity contribution is 6.05. The number of hydrogen-bond acceptors (Lipinski definition) is 6. The smallest absolute Gasteiger partial charge is 0.255 e. The highest BCUT2D eigenvalue weighted by atomic mass is 16.5. The molecule has 1 aliphatic carbocycles. The molecule has 0 aromatic heterocycles. The maximum Gasteiger partial charge on any atom is 0.255 e. The molecular weight excluding hydrogens is 538 g/mol. The number of amides is 2. The van der Waals surface area contributed by atoms with Crippen LogP contribution < -0.4 is 20.3 Å². The summed E-state index contributed by atoms with van der Waals surface area (Å²) in [6, 6.07) is 14.0. The van der Waals surface area contributed by atoms with Crippen LogP contribution in [0.25, 0.3) is 0 Å². The summed E-state index contributed by atoms with van der Waals surface area (Å²) in [5, 5.41) is 5.94. The van der Waals surface area contributed by atoms with Crippen molar-refractivity contribution >= 4 is 29.5 Å². The van der Waals surface area contributed by atoms with E-state index >= 15 is 0 Å². The van der Waals surface area contributed by atoms with Gasteiger partial charge in [-0.2, -0.15) is 0 Å². The Bertz CT molecular complexity index is 1540. The van der Waals surface area contributed by atoms with Gasteiger partial charge in [0.25, 0.3) is 5.91 Å². The van der Waals surface area contributed by atoms with E-state index in [9.17, 15) is 9.59 Å². The van der Waals surface area contributed by atoms with Crippen molar-refractivity contribution in [2.75, 3.05) is 23.3 Å². The van der Waals surface area contributed by atoms with Gasteiger partial charge in [-0.25, -0.2) is 0 Å². The van der Waals surface area contributed by atoms with Gasteiger partial charge in [-0.3, -0.25) is 19.5 Å². The number of carbonyl (C=O) groups is 2. The Labute approximate surface area is 254 Å². The van der Waals surface area contributed by atoms with Crippen molar-refractivity contribution in [2.45, 2.75) is 65.6 Å². The van der Waals surface area contributed by atoms with E-state index in [0.29, 0.717) is 29.4 Å². The summed E-state index contributed by atoms with van der Waals surface area (Å²) in [7, 11) is 0. The quantitative estimate of drug-likeness (QED) is 0.418. The fraction of sp³-hybridized carbons (Fsp3) is 0.400. The number of benzene rings is 2. The summed E-state index contributed by atoms with van der Waals surface area (Å²) in [6.07, 6.45) is 12.3. The average molecular weight is 580 g/mol. The van der Waals surface area contributed by atoms with E-state index in [4.69, 9.17) is 4.74 Å². The van der Waals surface area contributed by atoms with Crippen molar-refractivity contribution in [1.82, 2.24) is 10.2 Å². The Kier molecular flexibility index (Phi) is 7.97. The number of likely N-dealkylation sites (tertiary alicyclic amines) is 1. The van der Waals surface area contributed by atoms with Gasteiger partial charge in [0.05, 0.1) is 23.8 Å². The van der Waals surface area contributed by atoms with Crippen LogP contribution in [0.3, 0.4) is 0 Å². The number of piperidine rings is 1. The van der Waals surface area contributed by atoms with Gasteiger partial charge in [-0.15, -0.1) is 0 Å². The molecule has 6 rings (SSSR count). The second kappa shape index (κ2) is 11.8. The zero-order valence-electron chi connectivity index (χ0n) is 25.5. The summed E-state index contributed by atoms with van der Waals surface area (Å²) in [5.74, 6) is 1.69. The first kappa shape index (κ1) is 28.9. The molecule has 2 amide bonds. The van der Waals surface area contributed by atoms with Gasteiger partial charge in [-0.05, 0) is 118 Å². The zero-order chi connectivity index (χ0) is 30.1. The number of rotatable bonds is 7. The molecule has 4 atom stereocenters. The zero-order valence-corrected chi connectivity index (χ0v) is 25.5. The number of anilines is 2. The predicted molar refractivity (Wildman–Crippen MR) is 171 cm³/mol. The predicted octanol–water partition coefficient (Wildman–Crippen LogP) is 6.04.